The van der Waals surface area contributed by atoms with Gasteiger partial charge in [0, 0.05) is 22.5 Å². The van der Waals surface area contributed by atoms with Crippen LogP contribution < -0.4 is 10.1 Å². The molecule has 2 aromatic carbocycles. The van der Waals surface area contributed by atoms with Crippen LogP contribution in [0.3, 0.4) is 0 Å². The summed E-state index contributed by atoms with van der Waals surface area (Å²) < 4.78 is 7.06. The molecule has 0 atom stereocenters. The molecule has 6 nitrogen and oxygen atoms in total. The number of hydrogen-bond donors (Lipinski definition) is 1. The molecule has 2 aromatic heterocycles. The second kappa shape index (κ2) is 6.89. The Labute approximate surface area is 160 Å². The Morgan fingerprint density at radius 2 is 2.07 bits per heavy atom. The monoisotopic (exact) mass is 380 g/mol. The third-order valence-electron chi connectivity index (χ3n) is 4.34. The first-order valence-corrected chi connectivity index (χ1v) is 8.89. The summed E-state index contributed by atoms with van der Waals surface area (Å²) in [6.45, 7) is 2.62. The number of aromatic nitrogens is 3. The maximum absolute atomic E-state index is 12.6. The van der Waals surface area contributed by atoms with Gasteiger partial charge in [0.25, 0.3) is 5.91 Å². The topological polar surface area (TPSA) is 69.0 Å². The Hall–Kier alpha value is -3.12. The van der Waals surface area contributed by atoms with Gasteiger partial charge < -0.3 is 10.1 Å². The van der Waals surface area contributed by atoms with Crippen LogP contribution in [0.15, 0.2) is 48.5 Å². The van der Waals surface area contributed by atoms with E-state index >= 15 is 0 Å². The predicted octanol–water partition coefficient (Wildman–Crippen LogP) is 4.52. The van der Waals surface area contributed by atoms with Crippen LogP contribution in [-0.2, 0) is 6.54 Å². The smallest absolute Gasteiger partial charge is 0.256 e. The lowest BCUT2D eigenvalue weighted by atomic mass is 10.1. The number of ether oxygens (including phenoxy) is 1. The number of carbonyl (C=O) groups is 1. The van der Waals surface area contributed by atoms with Crippen molar-refractivity contribution in [1.82, 2.24) is 14.8 Å². The molecule has 0 aliphatic rings. The van der Waals surface area contributed by atoms with E-state index in [1.54, 1.807) is 36.1 Å². The van der Waals surface area contributed by atoms with E-state index < -0.39 is 0 Å². The number of halogens is 1. The molecule has 0 spiro atoms. The zero-order valence-corrected chi connectivity index (χ0v) is 15.6. The van der Waals surface area contributed by atoms with Crippen LogP contribution in [0.25, 0.3) is 21.9 Å². The molecule has 0 aliphatic carbocycles. The molecule has 0 saturated heterocycles. The maximum atomic E-state index is 12.6. The average Bonchev–Trinajstić information content (AvgIpc) is 3.02. The fourth-order valence-electron chi connectivity index (χ4n) is 2.99. The van der Waals surface area contributed by atoms with Gasteiger partial charge in [-0.15, -0.1) is 0 Å². The Balaban J connectivity index is 1.81. The highest BCUT2D eigenvalue weighted by atomic mass is 35.5. The second-order valence-electron chi connectivity index (χ2n) is 6.05. The summed E-state index contributed by atoms with van der Waals surface area (Å²) in [7, 11) is 1.62. The third-order valence-corrected chi connectivity index (χ3v) is 4.58. The minimum Gasteiger partial charge on any atom is -0.497 e. The lowest BCUT2D eigenvalue weighted by Crippen LogP contribution is -2.12. The zero-order valence-electron chi connectivity index (χ0n) is 14.9. The molecule has 136 valence electrons. The van der Waals surface area contributed by atoms with E-state index in [0.717, 1.165) is 27.7 Å². The molecule has 0 bridgehead atoms. The number of anilines is 1. The molecule has 0 saturated carbocycles. The van der Waals surface area contributed by atoms with Crippen molar-refractivity contribution in [2.24, 2.45) is 0 Å². The van der Waals surface area contributed by atoms with Gasteiger partial charge in [0.15, 0.2) is 11.5 Å². The predicted molar refractivity (Wildman–Crippen MR) is 107 cm³/mol. The van der Waals surface area contributed by atoms with E-state index in [4.69, 9.17) is 21.3 Å². The summed E-state index contributed by atoms with van der Waals surface area (Å²) >= 11 is 5.99. The van der Waals surface area contributed by atoms with E-state index in [1.807, 2.05) is 31.2 Å². The molecular weight excluding hydrogens is 364 g/mol. The van der Waals surface area contributed by atoms with Crippen LogP contribution >= 0.6 is 11.6 Å². The van der Waals surface area contributed by atoms with Crippen molar-refractivity contribution in [2.45, 2.75) is 13.5 Å². The largest absolute Gasteiger partial charge is 0.497 e. The number of aryl methyl sites for hydroxylation is 1. The molecule has 4 aromatic rings. The summed E-state index contributed by atoms with van der Waals surface area (Å²) in [5.41, 5.74) is 2.03. The highest BCUT2D eigenvalue weighted by molar-refractivity contribution is 6.31. The Bertz CT molecular complexity index is 1170. The first kappa shape index (κ1) is 17.3. The SMILES string of the molecule is CCn1nc(NC(=O)c2cccc(Cl)c2)c2cc3cc(OC)ccc3nc21. The van der Waals surface area contributed by atoms with Gasteiger partial charge in [0.1, 0.15) is 5.75 Å². The number of carbonyl (C=O) groups excluding carboxylic acids is 1. The first-order valence-electron chi connectivity index (χ1n) is 8.51. The molecule has 0 aliphatic heterocycles. The zero-order chi connectivity index (χ0) is 19.0. The highest BCUT2D eigenvalue weighted by Gasteiger charge is 2.16. The molecule has 0 unspecified atom stereocenters. The van der Waals surface area contributed by atoms with Crippen molar-refractivity contribution in [3.8, 4) is 5.75 Å². The van der Waals surface area contributed by atoms with Crippen molar-refractivity contribution in [3.05, 3.63) is 59.1 Å². The van der Waals surface area contributed by atoms with Crippen molar-refractivity contribution in [1.29, 1.82) is 0 Å². The van der Waals surface area contributed by atoms with Gasteiger partial charge in [0.2, 0.25) is 0 Å². The summed E-state index contributed by atoms with van der Waals surface area (Å²) in [6.07, 6.45) is 0. The Morgan fingerprint density at radius 3 is 2.81 bits per heavy atom. The van der Waals surface area contributed by atoms with Gasteiger partial charge in [-0.05, 0) is 49.4 Å². The third kappa shape index (κ3) is 3.19. The number of pyridine rings is 1. The number of benzene rings is 2. The molecule has 4 rings (SSSR count). The van der Waals surface area contributed by atoms with Crippen LogP contribution in [0.1, 0.15) is 17.3 Å². The Kier molecular flexibility index (Phi) is 4.41. The molecule has 0 fully saturated rings. The van der Waals surface area contributed by atoms with Gasteiger partial charge in [-0.1, -0.05) is 17.7 Å². The summed E-state index contributed by atoms with van der Waals surface area (Å²) in [5, 5.41) is 9.58. The van der Waals surface area contributed by atoms with E-state index in [2.05, 4.69) is 10.4 Å². The standard InChI is InChI=1S/C20H17ClN4O2/c1-3-25-19-16(11-13-10-15(27-2)7-8-17(13)22-19)18(24-25)23-20(26)12-5-4-6-14(21)9-12/h4-11H,3H2,1-2H3,(H,23,24,26). The second-order valence-corrected chi connectivity index (χ2v) is 6.48. The van der Waals surface area contributed by atoms with Crippen LogP contribution in [-0.4, -0.2) is 27.8 Å². The van der Waals surface area contributed by atoms with E-state index in [-0.39, 0.29) is 5.91 Å². The van der Waals surface area contributed by atoms with Crippen LogP contribution in [0.2, 0.25) is 5.02 Å². The summed E-state index contributed by atoms with van der Waals surface area (Å²) in [5.74, 6) is 0.941. The van der Waals surface area contributed by atoms with Crippen LogP contribution in [0, 0.1) is 0 Å². The normalized spacial score (nSPS) is 11.1. The number of rotatable bonds is 4. The molecule has 7 heteroatoms. The number of fused-ring (bicyclic) bond motifs is 2. The lowest BCUT2D eigenvalue weighted by molar-refractivity contribution is 0.102. The first-order chi connectivity index (χ1) is 13.1. The minimum absolute atomic E-state index is 0.272. The fourth-order valence-corrected chi connectivity index (χ4v) is 3.18. The molecule has 1 N–H and O–H groups in total. The number of methoxy groups -OCH3 is 1. The Morgan fingerprint density at radius 1 is 1.22 bits per heavy atom. The lowest BCUT2D eigenvalue weighted by Gasteiger charge is -2.04. The molecule has 27 heavy (non-hydrogen) atoms. The quantitative estimate of drug-likeness (QED) is 0.565. The minimum atomic E-state index is -0.272. The van der Waals surface area contributed by atoms with Crippen molar-refractivity contribution in [2.75, 3.05) is 12.4 Å². The van der Waals surface area contributed by atoms with Gasteiger partial charge in [-0.3, -0.25) is 4.79 Å². The summed E-state index contributed by atoms with van der Waals surface area (Å²) in [6, 6.07) is 14.4. The number of nitrogens with zero attached hydrogens (tertiary/aromatic N) is 3. The van der Waals surface area contributed by atoms with Gasteiger partial charge in [0.05, 0.1) is 18.0 Å². The van der Waals surface area contributed by atoms with E-state index in [1.165, 1.54) is 0 Å². The average molecular weight is 381 g/mol. The molecule has 2 heterocycles. The number of amides is 1. The van der Waals surface area contributed by atoms with Crippen molar-refractivity contribution < 1.29 is 9.53 Å². The van der Waals surface area contributed by atoms with Crippen molar-refractivity contribution >= 4 is 45.3 Å². The maximum Gasteiger partial charge on any atom is 0.256 e. The van der Waals surface area contributed by atoms with Gasteiger partial charge in [-0.25, -0.2) is 9.67 Å². The van der Waals surface area contributed by atoms with Crippen LogP contribution in [0.5, 0.6) is 5.75 Å². The van der Waals surface area contributed by atoms with Crippen molar-refractivity contribution in [3.63, 3.8) is 0 Å². The van der Waals surface area contributed by atoms with Gasteiger partial charge >= 0.3 is 0 Å². The summed E-state index contributed by atoms with van der Waals surface area (Å²) in [4.78, 5) is 17.3. The fraction of sp³-hybridized carbons (Fsp3) is 0.150. The molecular formula is C20H17ClN4O2. The molecule has 1 amide bonds. The van der Waals surface area contributed by atoms with E-state index in [0.29, 0.717) is 22.9 Å². The van der Waals surface area contributed by atoms with Gasteiger partial charge in [-0.2, -0.15) is 5.10 Å². The molecule has 0 radical (unpaired) electrons. The number of nitrogens with one attached hydrogen (secondary N) is 1. The van der Waals surface area contributed by atoms with Crippen LogP contribution in [0.4, 0.5) is 5.82 Å². The van der Waals surface area contributed by atoms with E-state index in [9.17, 15) is 4.79 Å². The highest BCUT2D eigenvalue weighted by Crippen LogP contribution is 2.28. The number of hydrogen-bond acceptors (Lipinski definition) is 4.